The van der Waals surface area contributed by atoms with Crippen LogP contribution in [0.1, 0.15) is 33.9 Å². The quantitative estimate of drug-likeness (QED) is 0.592. The molecule has 9 nitrogen and oxygen atoms in total. The highest BCUT2D eigenvalue weighted by atomic mass is 16.5. The summed E-state index contributed by atoms with van der Waals surface area (Å²) in [6.45, 7) is 3.88. The molecule has 196 valence electrons. The monoisotopic (exact) mass is 500 g/mol. The smallest absolute Gasteiger partial charge is 0.238 e. The number of rotatable bonds is 8. The molecule has 3 atom stereocenters. The standard InChI is InChI=1S/C27H36N2O7/c1-13-22(32-5)15(11-19(31-4)24(13)34-7)10-17-21-20-16(12-18(29(21)3)27(30)28-17)23(33-6)14(2)25(35-8)26(20)36-9/h11,17-18,21H,10,12H2,1-9H3,(H,28,30)/t17-,18-,21-/m1/s1. The van der Waals surface area contributed by atoms with Gasteiger partial charge in [-0.2, -0.15) is 0 Å². The molecule has 0 radical (unpaired) electrons. The van der Waals surface area contributed by atoms with Crippen molar-refractivity contribution in [1.29, 1.82) is 0 Å². The summed E-state index contributed by atoms with van der Waals surface area (Å²) in [6, 6.07) is 1.13. The van der Waals surface area contributed by atoms with Crippen molar-refractivity contribution in [2.75, 3.05) is 49.7 Å². The van der Waals surface area contributed by atoms with E-state index in [-0.39, 0.29) is 24.0 Å². The van der Waals surface area contributed by atoms with Crippen molar-refractivity contribution in [3.8, 4) is 34.5 Å². The van der Waals surface area contributed by atoms with E-state index in [0.29, 0.717) is 41.6 Å². The molecule has 2 aliphatic rings. The van der Waals surface area contributed by atoms with Gasteiger partial charge in [-0.25, -0.2) is 0 Å². The molecular weight excluding hydrogens is 464 g/mol. The number of hydrogen-bond donors (Lipinski definition) is 1. The van der Waals surface area contributed by atoms with Crippen molar-refractivity contribution in [1.82, 2.24) is 10.2 Å². The second-order valence-corrected chi connectivity index (χ2v) is 9.20. The summed E-state index contributed by atoms with van der Waals surface area (Å²) < 4.78 is 34.5. The molecule has 2 aromatic rings. The third-order valence-electron chi connectivity index (χ3n) is 7.55. The average Bonchev–Trinajstić information content (AvgIpc) is 2.86. The summed E-state index contributed by atoms with van der Waals surface area (Å²) in [5.41, 5.74) is 4.55. The van der Waals surface area contributed by atoms with E-state index in [4.69, 9.17) is 28.4 Å². The highest BCUT2D eigenvalue weighted by Gasteiger charge is 2.48. The van der Waals surface area contributed by atoms with Crippen LogP contribution < -0.4 is 33.7 Å². The Morgan fingerprint density at radius 2 is 1.42 bits per heavy atom. The number of nitrogens with zero attached hydrogens (tertiary/aromatic N) is 1. The first-order valence-corrected chi connectivity index (χ1v) is 11.9. The minimum atomic E-state index is -0.320. The molecule has 4 rings (SSSR count). The minimum absolute atomic E-state index is 0.0185. The van der Waals surface area contributed by atoms with Gasteiger partial charge in [0.25, 0.3) is 0 Å². The number of hydrogen-bond acceptors (Lipinski definition) is 8. The van der Waals surface area contributed by atoms with Gasteiger partial charge in [-0.05, 0) is 33.4 Å². The molecule has 2 aliphatic heterocycles. The first-order chi connectivity index (χ1) is 17.3. The van der Waals surface area contributed by atoms with Gasteiger partial charge in [0.05, 0.1) is 60.8 Å². The van der Waals surface area contributed by atoms with Crippen LogP contribution in [0.15, 0.2) is 6.07 Å². The van der Waals surface area contributed by atoms with Crippen molar-refractivity contribution >= 4 is 5.91 Å². The van der Waals surface area contributed by atoms with Crippen LogP contribution in [0.2, 0.25) is 0 Å². The number of methoxy groups -OCH3 is 6. The highest BCUT2D eigenvalue weighted by molar-refractivity contribution is 5.85. The lowest BCUT2D eigenvalue weighted by molar-refractivity contribution is -0.133. The van der Waals surface area contributed by atoms with Gasteiger partial charge in [-0.1, -0.05) is 0 Å². The lowest BCUT2D eigenvalue weighted by Gasteiger charge is -2.49. The molecule has 2 heterocycles. The number of likely N-dealkylation sites (N-methyl/N-ethyl adjacent to an activating group) is 1. The Morgan fingerprint density at radius 1 is 0.833 bits per heavy atom. The zero-order valence-corrected chi connectivity index (χ0v) is 22.5. The molecule has 0 aromatic heterocycles. The molecule has 1 fully saturated rings. The third kappa shape index (κ3) is 3.77. The average molecular weight is 501 g/mol. The van der Waals surface area contributed by atoms with E-state index in [1.54, 1.807) is 42.7 Å². The number of carbonyl (C=O) groups excluding carboxylic acids is 1. The maximum absolute atomic E-state index is 13.3. The Hall–Kier alpha value is -3.33. The van der Waals surface area contributed by atoms with Crippen molar-refractivity contribution in [2.24, 2.45) is 0 Å². The Kier molecular flexibility index (Phi) is 7.13. The summed E-state index contributed by atoms with van der Waals surface area (Å²) in [5, 5.41) is 3.27. The van der Waals surface area contributed by atoms with Crippen LogP contribution in [0, 0.1) is 13.8 Å². The summed E-state index contributed by atoms with van der Waals surface area (Å²) in [6.07, 6.45) is 1.02. The summed E-state index contributed by atoms with van der Waals surface area (Å²) in [4.78, 5) is 15.4. The molecule has 0 aliphatic carbocycles. The molecule has 36 heavy (non-hydrogen) atoms. The number of nitrogens with one attached hydrogen (secondary N) is 1. The Morgan fingerprint density at radius 3 is 1.97 bits per heavy atom. The largest absolute Gasteiger partial charge is 0.496 e. The number of ether oxygens (including phenoxy) is 6. The third-order valence-corrected chi connectivity index (χ3v) is 7.55. The first-order valence-electron chi connectivity index (χ1n) is 11.9. The van der Waals surface area contributed by atoms with Gasteiger partial charge in [0, 0.05) is 34.2 Å². The van der Waals surface area contributed by atoms with E-state index >= 15 is 0 Å². The fraction of sp³-hybridized carbons (Fsp3) is 0.519. The number of carbonyl (C=O) groups is 1. The maximum atomic E-state index is 13.3. The van der Waals surface area contributed by atoms with E-state index in [0.717, 1.165) is 33.6 Å². The number of benzene rings is 2. The van der Waals surface area contributed by atoms with Crippen molar-refractivity contribution in [3.63, 3.8) is 0 Å². The van der Waals surface area contributed by atoms with E-state index in [1.165, 1.54) is 0 Å². The van der Waals surface area contributed by atoms with Gasteiger partial charge in [-0.15, -0.1) is 0 Å². The predicted octanol–water partition coefficient (Wildman–Crippen LogP) is 2.99. The molecule has 1 saturated heterocycles. The molecule has 0 spiro atoms. The van der Waals surface area contributed by atoms with E-state index in [9.17, 15) is 4.79 Å². The van der Waals surface area contributed by atoms with Gasteiger partial charge < -0.3 is 33.7 Å². The lowest BCUT2D eigenvalue weighted by Crippen LogP contribution is -2.63. The molecule has 9 heteroatoms. The molecule has 2 aromatic carbocycles. The van der Waals surface area contributed by atoms with Crippen molar-refractivity contribution in [2.45, 2.75) is 44.8 Å². The lowest BCUT2D eigenvalue weighted by atomic mass is 9.78. The second-order valence-electron chi connectivity index (χ2n) is 9.20. The zero-order valence-electron chi connectivity index (χ0n) is 22.5. The van der Waals surface area contributed by atoms with Crippen molar-refractivity contribution < 1.29 is 33.2 Å². The summed E-state index contributed by atoms with van der Waals surface area (Å²) in [7, 11) is 11.8. The summed E-state index contributed by atoms with van der Waals surface area (Å²) >= 11 is 0. The van der Waals surface area contributed by atoms with Crippen LogP contribution in [-0.2, 0) is 17.6 Å². The van der Waals surface area contributed by atoms with Gasteiger partial charge in [0.2, 0.25) is 5.91 Å². The number of fused-ring (bicyclic) bond motifs is 4. The molecule has 1 amide bonds. The normalized spacial score (nSPS) is 20.8. The zero-order chi connectivity index (χ0) is 26.3. The Labute approximate surface area is 212 Å². The molecular formula is C27H36N2O7. The first kappa shape index (κ1) is 25.8. The van der Waals surface area contributed by atoms with Gasteiger partial charge in [-0.3, -0.25) is 9.69 Å². The second kappa shape index (κ2) is 9.97. The van der Waals surface area contributed by atoms with Gasteiger partial charge >= 0.3 is 0 Å². The topological polar surface area (TPSA) is 87.7 Å². The van der Waals surface area contributed by atoms with Crippen LogP contribution >= 0.6 is 0 Å². The van der Waals surface area contributed by atoms with E-state index in [2.05, 4.69) is 10.2 Å². The van der Waals surface area contributed by atoms with Crippen LogP contribution in [-0.4, -0.2) is 72.6 Å². The fourth-order valence-corrected chi connectivity index (χ4v) is 6.04. The SMILES string of the molecule is COc1cc(C[C@H]2NC(=O)[C@H]3Cc4c(OC)c(C)c(OC)c(OC)c4[C@@H]2N3C)c(OC)c(C)c1OC. The molecule has 0 unspecified atom stereocenters. The van der Waals surface area contributed by atoms with E-state index < -0.39 is 0 Å². The van der Waals surface area contributed by atoms with Crippen LogP contribution in [0.3, 0.4) is 0 Å². The van der Waals surface area contributed by atoms with Crippen molar-refractivity contribution in [3.05, 3.63) is 33.9 Å². The Balaban J connectivity index is 1.91. The number of piperazine rings is 1. The molecule has 2 bridgehead atoms. The van der Waals surface area contributed by atoms with E-state index in [1.807, 2.05) is 27.0 Å². The minimum Gasteiger partial charge on any atom is -0.496 e. The van der Waals surface area contributed by atoms with Gasteiger partial charge in [0.1, 0.15) is 11.5 Å². The fourth-order valence-electron chi connectivity index (χ4n) is 6.04. The molecule has 1 N–H and O–H groups in total. The van der Waals surface area contributed by atoms with Gasteiger partial charge in [0.15, 0.2) is 23.0 Å². The van der Waals surface area contributed by atoms with Crippen LogP contribution in [0.25, 0.3) is 0 Å². The van der Waals surface area contributed by atoms with Crippen LogP contribution in [0.4, 0.5) is 0 Å². The summed E-state index contributed by atoms with van der Waals surface area (Å²) in [5.74, 6) is 3.95. The highest BCUT2D eigenvalue weighted by Crippen LogP contribution is 2.52. The Bertz CT molecular complexity index is 1180. The molecule has 0 saturated carbocycles. The van der Waals surface area contributed by atoms with Crippen LogP contribution in [0.5, 0.6) is 34.5 Å². The predicted molar refractivity (Wildman–Crippen MR) is 135 cm³/mol. The number of amides is 1. The maximum Gasteiger partial charge on any atom is 0.238 e.